The summed E-state index contributed by atoms with van der Waals surface area (Å²) in [6.45, 7) is 2.92. The smallest absolute Gasteiger partial charge is 0.0877 e. The fourth-order valence-corrected chi connectivity index (χ4v) is 0.866. The van der Waals surface area contributed by atoms with E-state index in [0.29, 0.717) is 13.1 Å². The number of aliphatic hydroxyl groups excluding tert-OH is 1. The highest BCUT2D eigenvalue weighted by Crippen LogP contribution is 2.02. The molecule has 1 atom stereocenters. The Morgan fingerprint density at radius 1 is 1.75 bits per heavy atom. The Kier molecular flexibility index (Phi) is 1.51. The molecule has 3 heteroatoms. The molecule has 0 radical (unpaired) electrons. The third-order valence-electron chi connectivity index (χ3n) is 1.66. The maximum atomic E-state index is 10.3. The average Bonchev–Trinajstić information content (AvgIpc) is 1.57. The lowest BCUT2D eigenvalue weighted by atomic mass is 9.97. The summed E-state index contributed by atoms with van der Waals surface area (Å²) in [5, 5.41) is 19.4. The van der Waals surface area contributed by atoms with Crippen LogP contribution in [0.1, 0.15) is 6.92 Å². The molecular weight excluding hydrogens is 106 g/mol. The van der Waals surface area contributed by atoms with Crippen molar-refractivity contribution >= 4 is 0 Å². The van der Waals surface area contributed by atoms with Crippen LogP contribution in [-0.4, -0.2) is 24.3 Å². The maximum Gasteiger partial charge on any atom is 0.0877 e. The molecule has 3 nitrogen and oxygen atoms in total. The summed E-state index contributed by atoms with van der Waals surface area (Å²) < 4.78 is 0. The molecule has 1 aliphatic heterocycles. The summed E-state index contributed by atoms with van der Waals surface area (Å²) in [5.74, 6) is 0.266. The molecule has 0 aromatic heterocycles. The lowest BCUT2D eigenvalue weighted by molar-refractivity contribution is -0.903. The Balaban J connectivity index is 2.15. The molecule has 1 heterocycles. The van der Waals surface area contributed by atoms with Gasteiger partial charge in [-0.05, 0) is 6.92 Å². The highest BCUT2D eigenvalue weighted by molar-refractivity contribution is 4.68. The Morgan fingerprint density at radius 3 is 2.38 bits per heavy atom. The fourth-order valence-electron chi connectivity index (χ4n) is 0.866. The van der Waals surface area contributed by atoms with Crippen LogP contribution in [0.4, 0.5) is 0 Å². The molecule has 0 spiro atoms. The number of rotatable bonds is 1. The van der Waals surface area contributed by atoms with Crippen molar-refractivity contribution in [1.29, 1.82) is 0 Å². The Morgan fingerprint density at radius 2 is 2.25 bits per heavy atom. The van der Waals surface area contributed by atoms with Crippen LogP contribution in [-0.2, 0) is 0 Å². The topological polar surface area (TPSA) is 47.7 Å². The summed E-state index contributed by atoms with van der Waals surface area (Å²) in [5.41, 5.74) is 0. The minimum atomic E-state index is -0.285. The summed E-state index contributed by atoms with van der Waals surface area (Å²) in [6, 6.07) is 0. The number of aliphatic hydroxyl groups is 1. The molecule has 0 aromatic carbocycles. The number of hydroxylamine groups is 2. The van der Waals surface area contributed by atoms with Crippen molar-refractivity contribution < 1.29 is 10.2 Å². The van der Waals surface area contributed by atoms with E-state index in [1.54, 1.807) is 6.92 Å². The van der Waals surface area contributed by atoms with Gasteiger partial charge in [0, 0.05) is 0 Å². The van der Waals surface area contributed by atoms with E-state index in [0.717, 1.165) is 0 Å². The van der Waals surface area contributed by atoms with E-state index in [-0.39, 0.29) is 17.1 Å². The van der Waals surface area contributed by atoms with Crippen molar-refractivity contribution in [2.45, 2.75) is 13.0 Å². The zero-order chi connectivity index (χ0) is 6.15. The molecule has 0 aliphatic carbocycles. The van der Waals surface area contributed by atoms with E-state index in [9.17, 15) is 5.21 Å². The average molecular weight is 117 g/mol. The lowest BCUT2D eigenvalue weighted by Crippen LogP contribution is -3.16. The first-order valence-electron chi connectivity index (χ1n) is 2.90. The minimum Gasteiger partial charge on any atom is -0.634 e. The first-order chi connectivity index (χ1) is 3.70. The summed E-state index contributed by atoms with van der Waals surface area (Å²) in [6.07, 6.45) is -0.285. The quantitative estimate of drug-likeness (QED) is 0.405. The number of hydrogen-bond donors (Lipinski definition) is 2. The summed E-state index contributed by atoms with van der Waals surface area (Å²) in [4.78, 5) is 0. The van der Waals surface area contributed by atoms with Gasteiger partial charge in [0.05, 0.1) is 25.1 Å². The number of hydrogen-bond acceptors (Lipinski definition) is 2. The van der Waals surface area contributed by atoms with Crippen LogP contribution in [0.3, 0.4) is 0 Å². The zero-order valence-electron chi connectivity index (χ0n) is 4.92. The first-order valence-corrected chi connectivity index (χ1v) is 2.90. The van der Waals surface area contributed by atoms with E-state index < -0.39 is 0 Å². The Labute approximate surface area is 48.5 Å². The Hall–Kier alpha value is -0.120. The highest BCUT2D eigenvalue weighted by atomic mass is 16.5. The minimum absolute atomic E-state index is 0.266. The standard InChI is InChI=1S/C5H11NO2/c1-4(7)5-2-6(8)3-5/h4-7H,2-3H2,1H3. The third-order valence-corrected chi connectivity index (χ3v) is 1.66. The second-order valence-corrected chi connectivity index (χ2v) is 2.45. The van der Waals surface area contributed by atoms with Crippen LogP contribution in [0.25, 0.3) is 0 Å². The van der Waals surface area contributed by atoms with E-state index in [2.05, 4.69) is 0 Å². The normalized spacial score (nSPS) is 40.9. The van der Waals surface area contributed by atoms with Gasteiger partial charge in [-0.3, -0.25) is 0 Å². The molecule has 1 rings (SSSR count). The van der Waals surface area contributed by atoms with Gasteiger partial charge in [0.15, 0.2) is 0 Å². The van der Waals surface area contributed by atoms with Crippen molar-refractivity contribution in [1.82, 2.24) is 0 Å². The van der Waals surface area contributed by atoms with Gasteiger partial charge in [0.25, 0.3) is 0 Å². The molecule has 1 unspecified atom stereocenters. The highest BCUT2D eigenvalue weighted by Gasteiger charge is 2.29. The molecule has 1 aliphatic rings. The van der Waals surface area contributed by atoms with E-state index in [1.165, 1.54) is 0 Å². The van der Waals surface area contributed by atoms with Gasteiger partial charge in [0.1, 0.15) is 0 Å². The van der Waals surface area contributed by atoms with Crippen molar-refractivity contribution in [3.63, 3.8) is 0 Å². The lowest BCUT2D eigenvalue weighted by Gasteiger charge is -2.39. The number of quaternary nitrogens is 1. The van der Waals surface area contributed by atoms with Crippen LogP contribution in [0.15, 0.2) is 0 Å². The van der Waals surface area contributed by atoms with Crippen LogP contribution < -0.4 is 5.06 Å². The van der Waals surface area contributed by atoms with Crippen LogP contribution >= 0.6 is 0 Å². The fraction of sp³-hybridized carbons (Fsp3) is 1.00. The van der Waals surface area contributed by atoms with Gasteiger partial charge in [-0.25, -0.2) is 0 Å². The predicted molar refractivity (Wildman–Crippen MR) is 29.2 cm³/mol. The Bertz CT molecular complexity index is 78.5. The molecule has 0 saturated carbocycles. The molecule has 0 aromatic rings. The monoisotopic (exact) mass is 117 g/mol. The van der Waals surface area contributed by atoms with Crippen molar-refractivity contribution in [2.75, 3.05) is 13.1 Å². The third kappa shape index (κ3) is 0.992. The van der Waals surface area contributed by atoms with Crippen molar-refractivity contribution in [3.8, 4) is 0 Å². The first kappa shape index (κ1) is 6.01. The number of nitrogens with one attached hydrogen (secondary N) is 1. The van der Waals surface area contributed by atoms with Gasteiger partial charge >= 0.3 is 0 Å². The molecular formula is C5H11NO2. The molecule has 1 saturated heterocycles. The second-order valence-electron chi connectivity index (χ2n) is 2.45. The maximum absolute atomic E-state index is 10.3. The van der Waals surface area contributed by atoms with Crippen LogP contribution in [0.5, 0.6) is 0 Å². The second kappa shape index (κ2) is 2.01. The van der Waals surface area contributed by atoms with Gasteiger partial charge in [-0.15, -0.1) is 0 Å². The summed E-state index contributed by atoms with van der Waals surface area (Å²) >= 11 is 0. The predicted octanol–water partition coefficient (Wildman–Crippen LogP) is -1.62. The van der Waals surface area contributed by atoms with Gasteiger partial charge < -0.3 is 15.4 Å². The molecule has 0 bridgehead atoms. The van der Waals surface area contributed by atoms with Crippen molar-refractivity contribution in [3.05, 3.63) is 5.21 Å². The van der Waals surface area contributed by atoms with Gasteiger partial charge in [-0.1, -0.05) is 0 Å². The SMILES string of the molecule is CC(O)C1C[NH+]([O-])C1. The largest absolute Gasteiger partial charge is 0.634 e. The van der Waals surface area contributed by atoms with Crippen LogP contribution in [0.2, 0.25) is 0 Å². The zero-order valence-corrected chi connectivity index (χ0v) is 4.92. The van der Waals surface area contributed by atoms with E-state index >= 15 is 0 Å². The molecule has 2 N–H and O–H groups in total. The molecule has 48 valence electrons. The van der Waals surface area contributed by atoms with Gasteiger partial charge in [0.2, 0.25) is 0 Å². The van der Waals surface area contributed by atoms with Crippen molar-refractivity contribution in [2.24, 2.45) is 5.92 Å². The van der Waals surface area contributed by atoms with Gasteiger partial charge in [-0.2, -0.15) is 0 Å². The van der Waals surface area contributed by atoms with Crippen LogP contribution in [0, 0.1) is 11.1 Å². The van der Waals surface area contributed by atoms with E-state index in [4.69, 9.17) is 5.11 Å². The molecule has 8 heavy (non-hydrogen) atoms. The molecule has 1 fully saturated rings. The summed E-state index contributed by atoms with van der Waals surface area (Å²) in [7, 11) is 0. The molecule has 0 amide bonds. The van der Waals surface area contributed by atoms with E-state index in [1.807, 2.05) is 0 Å².